The van der Waals surface area contributed by atoms with Crippen LogP contribution in [-0.4, -0.2) is 12.0 Å². The van der Waals surface area contributed by atoms with Crippen LogP contribution in [0, 0.1) is 6.92 Å². The molecule has 0 radical (unpaired) electrons. The number of thiophene rings is 1. The van der Waals surface area contributed by atoms with Crippen molar-refractivity contribution in [3.05, 3.63) is 35.0 Å². The van der Waals surface area contributed by atoms with E-state index in [0.29, 0.717) is 10.6 Å². The van der Waals surface area contributed by atoms with Gasteiger partial charge in [0.15, 0.2) is 18.2 Å². The molecule has 0 bridgehead atoms. The van der Waals surface area contributed by atoms with Crippen molar-refractivity contribution in [1.29, 1.82) is 0 Å². The third-order valence-corrected chi connectivity index (χ3v) is 5.00. The number of carbonyl (C=O) groups is 1. The Kier molecular flexibility index (Phi) is 3.73. The van der Waals surface area contributed by atoms with Crippen molar-refractivity contribution in [3.8, 4) is 5.69 Å². The number of anilines is 1. The summed E-state index contributed by atoms with van der Waals surface area (Å²) >= 11 is 3.08. The molecule has 2 heterocycles. The quantitative estimate of drug-likeness (QED) is 0.534. The number of ketones is 1. The Hall–Kier alpha value is -1.33. The molecular weight excluding hydrogens is 264 g/mol. The number of aryl methyl sites for hydroxylation is 1. The SMILES string of the molecule is CSc1sc(C(C)=O)c(N)c1-[n+]1cccc(C)c1. The van der Waals surface area contributed by atoms with Gasteiger partial charge in [0.25, 0.3) is 5.69 Å². The summed E-state index contributed by atoms with van der Waals surface area (Å²) < 4.78 is 3.05. The van der Waals surface area contributed by atoms with Crippen LogP contribution in [0.1, 0.15) is 22.2 Å². The van der Waals surface area contributed by atoms with E-state index in [2.05, 4.69) is 0 Å². The summed E-state index contributed by atoms with van der Waals surface area (Å²) in [5, 5.41) is 0. The van der Waals surface area contributed by atoms with Crippen molar-refractivity contribution in [2.24, 2.45) is 0 Å². The normalized spacial score (nSPS) is 10.6. The van der Waals surface area contributed by atoms with Crippen molar-refractivity contribution < 1.29 is 9.36 Å². The summed E-state index contributed by atoms with van der Waals surface area (Å²) in [6.45, 7) is 3.58. The largest absolute Gasteiger partial charge is 0.392 e. The standard InChI is InChI=1S/C13H14N2OS2/c1-8-5-4-6-15(7-8)11-10(14)12(9(2)16)18-13(11)17-3/h4-7H,1-3H3,(H-,14,16)/p+1. The van der Waals surface area contributed by atoms with Crippen LogP contribution in [0.2, 0.25) is 0 Å². The van der Waals surface area contributed by atoms with E-state index in [9.17, 15) is 4.79 Å². The van der Waals surface area contributed by atoms with Crippen LogP contribution in [0.5, 0.6) is 0 Å². The predicted octanol–water partition coefficient (Wildman–Crippen LogP) is 2.84. The molecule has 0 fully saturated rings. The number of nitrogens with zero attached hydrogens (tertiary/aromatic N) is 1. The molecule has 94 valence electrons. The lowest BCUT2D eigenvalue weighted by atomic mass is 10.2. The van der Waals surface area contributed by atoms with Crippen LogP contribution in [0.15, 0.2) is 28.7 Å². The van der Waals surface area contributed by atoms with E-state index in [1.54, 1.807) is 18.7 Å². The van der Waals surface area contributed by atoms with E-state index in [1.165, 1.54) is 11.3 Å². The van der Waals surface area contributed by atoms with Crippen LogP contribution >= 0.6 is 23.1 Å². The zero-order chi connectivity index (χ0) is 13.3. The summed E-state index contributed by atoms with van der Waals surface area (Å²) in [6, 6.07) is 4.01. The maximum absolute atomic E-state index is 11.6. The van der Waals surface area contributed by atoms with Gasteiger partial charge in [-0.1, -0.05) is 0 Å². The lowest BCUT2D eigenvalue weighted by Gasteiger charge is -1.98. The molecule has 2 aromatic rings. The van der Waals surface area contributed by atoms with Crippen LogP contribution in [-0.2, 0) is 0 Å². The highest BCUT2D eigenvalue weighted by Crippen LogP contribution is 2.37. The Morgan fingerprint density at radius 3 is 2.78 bits per heavy atom. The maximum Gasteiger partial charge on any atom is 0.259 e. The molecule has 0 spiro atoms. The molecule has 0 saturated heterocycles. The first kappa shape index (κ1) is 13.1. The van der Waals surface area contributed by atoms with Gasteiger partial charge in [0, 0.05) is 18.6 Å². The summed E-state index contributed by atoms with van der Waals surface area (Å²) in [7, 11) is 0. The molecule has 0 amide bonds. The Bertz CT molecular complexity index is 605. The van der Waals surface area contributed by atoms with Gasteiger partial charge in [-0.15, -0.1) is 23.1 Å². The lowest BCUT2D eigenvalue weighted by Crippen LogP contribution is -2.31. The Morgan fingerprint density at radius 1 is 1.50 bits per heavy atom. The molecule has 0 aliphatic heterocycles. The molecule has 0 unspecified atom stereocenters. The molecule has 0 aliphatic carbocycles. The van der Waals surface area contributed by atoms with Gasteiger partial charge >= 0.3 is 0 Å². The third-order valence-electron chi connectivity index (χ3n) is 2.60. The molecule has 0 atom stereocenters. The number of aromatic nitrogens is 1. The summed E-state index contributed by atoms with van der Waals surface area (Å²) in [6.07, 6.45) is 5.96. The molecule has 3 nitrogen and oxygen atoms in total. The molecule has 0 saturated carbocycles. The zero-order valence-electron chi connectivity index (χ0n) is 10.6. The fourth-order valence-corrected chi connectivity index (χ4v) is 3.63. The maximum atomic E-state index is 11.6. The third kappa shape index (κ3) is 2.28. The van der Waals surface area contributed by atoms with Gasteiger partial charge < -0.3 is 5.73 Å². The molecule has 0 aliphatic rings. The van der Waals surface area contributed by atoms with Gasteiger partial charge in [-0.05, 0) is 19.2 Å². The van der Waals surface area contributed by atoms with Crippen LogP contribution < -0.4 is 10.3 Å². The van der Waals surface area contributed by atoms with Crippen molar-refractivity contribution in [1.82, 2.24) is 0 Å². The van der Waals surface area contributed by atoms with Gasteiger partial charge in [-0.3, -0.25) is 4.79 Å². The zero-order valence-corrected chi connectivity index (χ0v) is 12.2. The number of pyridine rings is 1. The second kappa shape index (κ2) is 5.12. The summed E-state index contributed by atoms with van der Waals surface area (Å²) in [4.78, 5) is 12.2. The van der Waals surface area contributed by atoms with Crippen molar-refractivity contribution in [2.75, 3.05) is 12.0 Å². The number of nitrogens with two attached hydrogens (primary N) is 1. The first-order chi connectivity index (χ1) is 8.54. The number of thioether (sulfide) groups is 1. The molecule has 0 aromatic carbocycles. The number of carbonyl (C=O) groups excluding carboxylic acids is 1. The minimum absolute atomic E-state index is 0.0207. The molecule has 2 rings (SSSR count). The smallest absolute Gasteiger partial charge is 0.259 e. The van der Waals surface area contributed by atoms with E-state index < -0.39 is 0 Å². The summed E-state index contributed by atoms with van der Waals surface area (Å²) in [5.41, 5.74) is 8.76. The Morgan fingerprint density at radius 2 is 2.22 bits per heavy atom. The highest BCUT2D eigenvalue weighted by Gasteiger charge is 2.25. The fourth-order valence-electron chi connectivity index (χ4n) is 1.79. The molecule has 18 heavy (non-hydrogen) atoms. The monoisotopic (exact) mass is 279 g/mol. The lowest BCUT2D eigenvalue weighted by molar-refractivity contribution is -0.597. The van der Waals surface area contributed by atoms with E-state index in [1.807, 2.05) is 42.3 Å². The van der Waals surface area contributed by atoms with Crippen molar-refractivity contribution in [2.45, 2.75) is 18.1 Å². The van der Waals surface area contributed by atoms with E-state index >= 15 is 0 Å². The highest BCUT2D eigenvalue weighted by molar-refractivity contribution is 8.00. The number of hydrogen-bond acceptors (Lipinski definition) is 4. The molecule has 2 aromatic heterocycles. The van der Waals surface area contributed by atoms with Crippen molar-refractivity contribution in [3.63, 3.8) is 0 Å². The average Bonchev–Trinajstić information content (AvgIpc) is 2.66. The Balaban J connectivity index is 2.66. The minimum atomic E-state index is 0.0207. The number of rotatable bonds is 3. The van der Waals surface area contributed by atoms with Gasteiger partial charge in [-0.2, -0.15) is 4.57 Å². The predicted molar refractivity (Wildman–Crippen MR) is 76.8 cm³/mol. The van der Waals surface area contributed by atoms with Crippen LogP contribution in [0.25, 0.3) is 5.69 Å². The van der Waals surface area contributed by atoms with Crippen LogP contribution in [0.3, 0.4) is 0 Å². The topological polar surface area (TPSA) is 47.0 Å². The van der Waals surface area contributed by atoms with Crippen molar-refractivity contribution >= 4 is 34.6 Å². The van der Waals surface area contributed by atoms with Gasteiger partial charge in [-0.25, -0.2) is 0 Å². The van der Waals surface area contributed by atoms with E-state index in [4.69, 9.17) is 5.73 Å². The van der Waals surface area contributed by atoms with E-state index in [-0.39, 0.29) is 5.78 Å². The van der Waals surface area contributed by atoms with Gasteiger partial charge in [0.05, 0.1) is 0 Å². The highest BCUT2D eigenvalue weighted by atomic mass is 32.2. The van der Waals surface area contributed by atoms with E-state index in [0.717, 1.165) is 15.5 Å². The average molecular weight is 279 g/mol. The van der Waals surface area contributed by atoms with Crippen LogP contribution in [0.4, 0.5) is 5.69 Å². The number of Topliss-reactive ketones (excluding diaryl/α,β-unsaturated/α-hetero) is 1. The minimum Gasteiger partial charge on any atom is -0.392 e. The van der Waals surface area contributed by atoms with Gasteiger partial charge in [0.2, 0.25) is 0 Å². The fraction of sp³-hybridized carbons (Fsp3) is 0.231. The molecule has 5 heteroatoms. The first-order valence-electron chi connectivity index (χ1n) is 5.50. The number of nitrogen functional groups attached to an aromatic ring is 1. The summed E-state index contributed by atoms with van der Waals surface area (Å²) in [5.74, 6) is 0.0207. The molecule has 2 N–H and O–H groups in total. The molecular formula is C13H15N2OS2+. The second-order valence-electron chi connectivity index (χ2n) is 4.03. The second-order valence-corrected chi connectivity index (χ2v) is 6.13. The first-order valence-corrected chi connectivity index (χ1v) is 7.54. The Labute approximate surface area is 115 Å². The van der Waals surface area contributed by atoms with Gasteiger partial charge in [0.1, 0.15) is 14.8 Å². The number of hydrogen-bond donors (Lipinski definition) is 1.